The SMILES string of the molecule is CCOC(=S)NC[C@H]1CN(c2ccc(N3CCN(C(=O)OC)CC3)c(F)c2)C(=O)O1. The normalized spacial score (nSPS) is 18.8. The number of hydrogen-bond acceptors (Lipinski definition) is 7. The predicted molar refractivity (Wildman–Crippen MR) is 112 cm³/mol. The first-order valence-corrected chi connectivity index (χ1v) is 10.1. The molecule has 2 saturated heterocycles. The molecule has 2 heterocycles. The zero-order valence-corrected chi connectivity index (χ0v) is 17.7. The molecule has 9 nitrogen and oxygen atoms in total. The van der Waals surface area contributed by atoms with E-state index >= 15 is 0 Å². The Labute approximate surface area is 179 Å². The second-order valence-corrected chi connectivity index (χ2v) is 7.17. The fraction of sp³-hybridized carbons (Fsp3) is 0.526. The molecule has 0 spiro atoms. The van der Waals surface area contributed by atoms with E-state index in [2.05, 4.69) is 5.32 Å². The second kappa shape index (κ2) is 9.79. The van der Waals surface area contributed by atoms with E-state index in [0.717, 1.165) is 0 Å². The first-order chi connectivity index (χ1) is 14.4. The Morgan fingerprint density at radius 3 is 2.70 bits per heavy atom. The van der Waals surface area contributed by atoms with Crippen LogP contribution in [0.5, 0.6) is 0 Å². The second-order valence-electron chi connectivity index (χ2n) is 6.80. The van der Waals surface area contributed by atoms with Crippen molar-refractivity contribution in [3.63, 3.8) is 0 Å². The highest BCUT2D eigenvalue weighted by Crippen LogP contribution is 2.28. The minimum atomic E-state index is -0.539. The molecule has 1 atom stereocenters. The average Bonchev–Trinajstić information content (AvgIpc) is 3.12. The minimum absolute atomic E-state index is 0.245. The molecule has 2 aliphatic rings. The predicted octanol–water partition coefficient (Wildman–Crippen LogP) is 1.95. The number of piperazine rings is 1. The lowest BCUT2D eigenvalue weighted by atomic mass is 10.2. The van der Waals surface area contributed by atoms with Crippen LogP contribution >= 0.6 is 12.2 Å². The minimum Gasteiger partial charge on any atom is -0.471 e. The van der Waals surface area contributed by atoms with Gasteiger partial charge < -0.3 is 29.3 Å². The van der Waals surface area contributed by atoms with Crippen molar-refractivity contribution in [1.82, 2.24) is 10.2 Å². The number of nitrogens with one attached hydrogen (secondary N) is 1. The largest absolute Gasteiger partial charge is 0.471 e. The summed E-state index contributed by atoms with van der Waals surface area (Å²) in [4.78, 5) is 28.6. The summed E-state index contributed by atoms with van der Waals surface area (Å²) in [6.45, 7) is 4.74. The highest BCUT2D eigenvalue weighted by Gasteiger charge is 2.33. The van der Waals surface area contributed by atoms with Gasteiger partial charge in [-0.15, -0.1) is 0 Å². The van der Waals surface area contributed by atoms with Gasteiger partial charge in [0.25, 0.3) is 5.17 Å². The molecule has 11 heteroatoms. The van der Waals surface area contributed by atoms with Gasteiger partial charge >= 0.3 is 12.2 Å². The van der Waals surface area contributed by atoms with E-state index in [-0.39, 0.29) is 17.8 Å². The van der Waals surface area contributed by atoms with Crippen molar-refractivity contribution in [2.45, 2.75) is 13.0 Å². The number of cyclic esters (lactones) is 1. The van der Waals surface area contributed by atoms with Crippen molar-refractivity contribution in [3.05, 3.63) is 24.0 Å². The molecule has 1 N–H and O–H groups in total. The number of methoxy groups -OCH3 is 1. The summed E-state index contributed by atoms with van der Waals surface area (Å²) in [7, 11) is 1.34. The molecule has 0 aliphatic carbocycles. The van der Waals surface area contributed by atoms with Crippen LogP contribution in [0.25, 0.3) is 0 Å². The molecule has 1 aromatic rings. The zero-order valence-electron chi connectivity index (χ0n) is 16.9. The molecule has 0 saturated carbocycles. The molecule has 0 unspecified atom stereocenters. The lowest BCUT2D eigenvalue weighted by Gasteiger charge is -2.35. The van der Waals surface area contributed by atoms with Crippen LogP contribution < -0.4 is 15.1 Å². The molecule has 2 amide bonds. The Hall–Kier alpha value is -2.82. The Morgan fingerprint density at radius 1 is 1.33 bits per heavy atom. The first-order valence-electron chi connectivity index (χ1n) is 9.69. The molecule has 3 rings (SSSR count). The van der Waals surface area contributed by atoms with Gasteiger partial charge in [-0.25, -0.2) is 14.0 Å². The fourth-order valence-corrected chi connectivity index (χ4v) is 3.60. The molecule has 0 bridgehead atoms. The van der Waals surface area contributed by atoms with Crippen LogP contribution in [-0.4, -0.2) is 81.4 Å². The molecule has 30 heavy (non-hydrogen) atoms. The van der Waals surface area contributed by atoms with Crippen LogP contribution in [0.1, 0.15) is 6.92 Å². The summed E-state index contributed by atoms with van der Waals surface area (Å²) in [5.41, 5.74) is 0.848. The molecular formula is C19H25FN4O5S. The van der Waals surface area contributed by atoms with Gasteiger partial charge in [-0.05, 0) is 37.3 Å². The Morgan fingerprint density at radius 2 is 2.07 bits per heavy atom. The van der Waals surface area contributed by atoms with Crippen LogP contribution in [-0.2, 0) is 14.2 Å². The first kappa shape index (κ1) is 21.9. The van der Waals surface area contributed by atoms with Crippen LogP contribution in [0.2, 0.25) is 0 Å². The van der Waals surface area contributed by atoms with E-state index in [1.807, 2.05) is 11.8 Å². The number of ether oxygens (including phenoxy) is 3. The number of thiocarbonyl (C=S) groups is 1. The van der Waals surface area contributed by atoms with Crippen molar-refractivity contribution in [2.75, 3.05) is 62.8 Å². The Kier molecular flexibility index (Phi) is 7.14. The van der Waals surface area contributed by atoms with Crippen LogP contribution in [0.3, 0.4) is 0 Å². The van der Waals surface area contributed by atoms with Crippen molar-refractivity contribution in [1.29, 1.82) is 0 Å². The van der Waals surface area contributed by atoms with Gasteiger partial charge in [0.2, 0.25) is 0 Å². The third kappa shape index (κ3) is 5.02. The lowest BCUT2D eigenvalue weighted by molar-refractivity contribution is 0.121. The number of halogens is 1. The lowest BCUT2D eigenvalue weighted by Crippen LogP contribution is -2.49. The maximum atomic E-state index is 14.8. The Bertz CT molecular complexity index is 803. The van der Waals surface area contributed by atoms with Crippen molar-refractivity contribution < 1.29 is 28.2 Å². The fourth-order valence-electron chi connectivity index (χ4n) is 3.40. The van der Waals surface area contributed by atoms with Crippen molar-refractivity contribution >= 4 is 41.0 Å². The van der Waals surface area contributed by atoms with Crippen LogP contribution in [0.15, 0.2) is 18.2 Å². The summed E-state index contributed by atoms with van der Waals surface area (Å²) >= 11 is 4.99. The van der Waals surface area contributed by atoms with E-state index < -0.39 is 18.0 Å². The number of benzene rings is 1. The van der Waals surface area contributed by atoms with Gasteiger partial charge in [-0.3, -0.25) is 4.90 Å². The van der Waals surface area contributed by atoms with E-state index in [9.17, 15) is 14.0 Å². The van der Waals surface area contributed by atoms with E-state index in [1.54, 1.807) is 17.0 Å². The van der Waals surface area contributed by atoms with E-state index in [0.29, 0.717) is 50.7 Å². The third-order valence-corrected chi connectivity index (χ3v) is 5.18. The van der Waals surface area contributed by atoms with Crippen molar-refractivity contribution in [2.24, 2.45) is 0 Å². The van der Waals surface area contributed by atoms with Crippen molar-refractivity contribution in [3.8, 4) is 0 Å². The summed E-state index contributed by atoms with van der Waals surface area (Å²) in [5, 5.41) is 3.13. The molecule has 2 fully saturated rings. The quantitative estimate of drug-likeness (QED) is 0.696. The number of anilines is 2. The molecular weight excluding hydrogens is 415 g/mol. The third-order valence-electron chi connectivity index (χ3n) is 4.92. The molecule has 164 valence electrons. The molecule has 0 radical (unpaired) electrons. The molecule has 1 aromatic carbocycles. The maximum Gasteiger partial charge on any atom is 0.414 e. The monoisotopic (exact) mass is 440 g/mol. The average molecular weight is 440 g/mol. The summed E-state index contributed by atoms with van der Waals surface area (Å²) in [6, 6.07) is 4.65. The number of rotatable bonds is 5. The summed E-state index contributed by atoms with van der Waals surface area (Å²) < 4.78 is 30.0. The standard InChI is InChI=1S/C19H25FN4O5S/c1-3-28-17(30)21-11-14-12-24(19(26)29-14)13-4-5-16(15(20)10-13)22-6-8-23(9-7-22)18(25)27-2/h4-5,10,14H,3,6-9,11-12H2,1-2H3,(H,21,30)/t14-/m0/s1. The van der Waals surface area contributed by atoms with Gasteiger partial charge in [-0.2, -0.15) is 0 Å². The molecule has 2 aliphatic heterocycles. The summed E-state index contributed by atoms with van der Waals surface area (Å²) in [6.07, 6.45) is -1.35. The highest BCUT2D eigenvalue weighted by molar-refractivity contribution is 7.80. The van der Waals surface area contributed by atoms with E-state index in [1.165, 1.54) is 18.1 Å². The summed E-state index contributed by atoms with van der Waals surface area (Å²) in [5.74, 6) is -0.439. The number of carbonyl (C=O) groups is 2. The number of carbonyl (C=O) groups excluding carboxylic acids is 2. The van der Waals surface area contributed by atoms with Crippen LogP contribution in [0, 0.1) is 5.82 Å². The smallest absolute Gasteiger partial charge is 0.414 e. The van der Waals surface area contributed by atoms with Gasteiger partial charge in [0, 0.05) is 26.2 Å². The maximum absolute atomic E-state index is 14.8. The number of amides is 2. The van der Waals surface area contributed by atoms with Gasteiger partial charge in [0.1, 0.15) is 11.9 Å². The number of nitrogens with zero attached hydrogens (tertiary/aromatic N) is 3. The van der Waals surface area contributed by atoms with Gasteiger partial charge in [-0.1, -0.05) is 0 Å². The topological polar surface area (TPSA) is 83.6 Å². The van der Waals surface area contributed by atoms with E-state index in [4.69, 9.17) is 26.4 Å². The highest BCUT2D eigenvalue weighted by atomic mass is 32.1. The zero-order chi connectivity index (χ0) is 21.7. The molecule has 0 aromatic heterocycles. The van der Waals surface area contributed by atoms with Gasteiger partial charge in [0.05, 0.1) is 38.2 Å². The van der Waals surface area contributed by atoms with Crippen LogP contribution in [0.4, 0.5) is 25.4 Å². The number of hydrogen-bond donors (Lipinski definition) is 1. The Balaban J connectivity index is 1.59. The van der Waals surface area contributed by atoms with Gasteiger partial charge in [0.15, 0.2) is 0 Å².